The van der Waals surface area contributed by atoms with E-state index >= 15 is 0 Å². The lowest BCUT2D eigenvalue weighted by molar-refractivity contribution is -0.137. The fraction of sp³-hybridized carbons (Fsp3) is 0.463. The minimum absolute atomic E-state index is 0.00779. The van der Waals surface area contributed by atoms with E-state index in [4.69, 9.17) is 26.4 Å². The van der Waals surface area contributed by atoms with Gasteiger partial charge in [0.2, 0.25) is 11.7 Å². The van der Waals surface area contributed by atoms with Crippen molar-refractivity contribution in [3.8, 4) is 17.1 Å². The first-order valence-electron chi connectivity index (χ1n) is 20.2. The second-order valence-electron chi connectivity index (χ2n) is 16.6. The van der Waals surface area contributed by atoms with Crippen molar-refractivity contribution in [3.63, 3.8) is 0 Å². The lowest BCUT2D eigenvalue weighted by Crippen LogP contribution is -2.63. The number of anilines is 2. The second kappa shape index (κ2) is 14.3. The van der Waals surface area contributed by atoms with Crippen molar-refractivity contribution in [2.45, 2.75) is 69.2 Å². The maximum Gasteiger partial charge on any atom is 0.416 e. The smallest absolute Gasteiger partial charge is 0.416 e. The van der Waals surface area contributed by atoms with Gasteiger partial charge in [0.05, 0.1) is 35.5 Å². The van der Waals surface area contributed by atoms with Crippen molar-refractivity contribution >= 4 is 40.6 Å². The third-order valence-electron chi connectivity index (χ3n) is 13.5. The van der Waals surface area contributed by atoms with Gasteiger partial charge in [0.1, 0.15) is 12.2 Å². The molecule has 3 atom stereocenters. The number of likely N-dealkylation sites (tertiary alicyclic amines) is 1. The van der Waals surface area contributed by atoms with Crippen LogP contribution in [0.25, 0.3) is 17.2 Å². The normalized spacial score (nSPS) is 23.1. The molecule has 15 nitrogen and oxygen atoms in total. The Morgan fingerprint density at radius 1 is 1.05 bits per heavy atom. The zero-order valence-corrected chi connectivity index (χ0v) is 33.4. The quantitative estimate of drug-likeness (QED) is 0.210. The van der Waals surface area contributed by atoms with Crippen LogP contribution in [0, 0.1) is 12.8 Å². The van der Waals surface area contributed by atoms with Crippen molar-refractivity contribution < 1.29 is 32.6 Å². The third kappa shape index (κ3) is 6.24. The number of piperazine rings is 1. The van der Waals surface area contributed by atoms with Crippen molar-refractivity contribution in [2.75, 3.05) is 56.2 Å². The summed E-state index contributed by atoms with van der Waals surface area (Å²) in [6.07, 6.45) is -1.59. The van der Waals surface area contributed by atoms with Crippen molar-refractivity contribution in [2.24, 2.45) is 5.92 Å². The number of hydrogen-bond donors (Lipinski definition) is 3. The maximum absolute atomic E-state index is 14.8. The van der Waals surface area contributed by atoms with E-state index in [9.17, 15) is 32.7 Å². The number of carbonyl (C=O) groups excluding carboxylic acids is 2. The van der Waals surface area contributed by atoms with Gasteiger partial charge in [0.15, 0.2) is 17.3 Å². The molecule has 6 heterocycles. The number of piperidine rings is 1. The van der Waals surface area contributed by atoms with Crippen LogP contribution in [0.3, 0.4) is 0 Å². The van der Waals surface area contributed by atoms with E-state index in [1.165, 1.54) is 4.52 Å². The summed E-state index contributed by atoms with van der Waals surface area (Å²) in [6.45, 7) is 6.85. The summed E-state index contributed by atoms with van der Waals surface area (Å²) in [7, 11) is 0. The van der Waals surface area contributed by atoms with Gasteiger partial charge in [-0.1, -0.05) is 11.6 Å². The van der Waals surface area contributed by atoms with E-state index < -0.39 is 23.1 Å². The number of carbonyl (C=O) groups is 2. The van der Waals surface area contributed by atoms with Crippen LogP contribution < -0.4 is 15.8 Å². The average molecular weight is 847 g/mol. The number of aromatic nitrogens is 6. The molecule has 2 aromatic carbocycles. The SMILES string of the molecule is Cc1n[nH]c(C(=O)N2CCC3(CCc4c3c(=O)n3nc(-c5ccc(N6CCN(C7COC7)CC6)cc5)nc3n4CC(=O)Nc3ccc(C(F)(F)F)cc3Cl)C3CCC32)c1O. The van der Waals surface area contributed by atoms with Crippen molar-refractivity contribution in [1.82, 2.24) is 39.2 Å². The molecule has 5 aliphatic rings. The van der Waals surface area contributed by atoms with Crippen molar-refractivity contribution in [3.05, 3.63) is 86.0 Å². The number of fused-ring (bicyclic) bond motifs is 5. The average Bonchev–Trinajstić information content (AvgIpc) is 3.90. The number of nitrogens with zero attached hydrogens (tertiary/aromatic N) is 8. The monoisotopic (exact) mass is 846 g/mol. The van der Waals surface area contributed by atoms with E-state index in [0.717, 1.165) is 76.1 Å². The lowest BCUT2D eigenvalue weighted by atomic mass is 9.56. The predicted octanol–water partition coefficient (Wildman–Crippen LogP) is 4.64. The number of aryl methyl sites for hydroxylation is 1. The lowest BCUT2D eigenvalue weighted by Gasteiger charge is -2.57. The highest BCUT2D eigenvalue weighted by Crippen LogP contribution is 2.57. The topological polar surface area (TPSA) is 166 Å². The van der Waals surface area contributed by atoms with Crippen molar-refractivity contribution in [1.29, 1.82) is 0 Å². The van der Waals surface area contributed by atoms with E-state index in [1.54, 1.807) is 16.4 Å². The molecule has 5 aromatic rings. The zero-order valence-electron chi connectivity index (χ0n) is 32.6. The first kappa shape index (κ1) is 38.7. The Labute approximate surface area is 346 Å². The highest BCUT2D eigenvalue weighted by molar-refractivity contribution is 6.33. The molecule has 10 rings (SSSR count). The molecule has 0 radical (unpaired) electrons. The molecule has 3 aromatic heterocycles. The summed E-state index contributed by atoms with van der Waals surface area (Å²) in [5.74, 6) is -0.732. The van der Waals surface area contributed by atoms with Crippen LogP contribution in [0.5, 0.6) is 5.75 Å². The number of aromatic amines is 1. The Bertz CT molecular complexity index is 2600. The predicted molar refractivity (Wildman–Crippen MR) is 213 cm³/mol. The molecule has 60 heavy (non-hydrogen) atoms. The Hall–Kier alpha value is -5.46. The Morgan fingerprint density at radius 2 is 1.82 bits per heavy atom. The van der Waals surface area contributed by atoms with Gasteiger partial charge in [-0.3, -0.25) is 24.4 Å². The standard InChI is InChI=1S/C41H42ClF3N10O5/c1-22-35(57)34(49-48-22)38(59)53-13-12-40(27-7-9-30(27)53)11-10-31-33(40)37(58)55-39(54(31)19-32(56)46-29-8-4-24(18-28(29)42)41(43,44)45)47-36(50-55)23-2-5-25(6-3-23)51-14-16-52(17-15-51)26-20-60-21-26/h2-6,8,18,26-27,30,57H,7,9-17,19-21H2,1H3,(H,46,56)(H,48,49). The summed E-state index contributed by atoms with van der Waals surface area (Å²) < 4.78 is 48.4. The zero-order chi connectivity index (χ0) is 41.7. The number of H-pyrrole nitrogens is 1. The number of rotatable bonds is 7. The van der Waals surface area contributed by atoms with Crippen LogP contribution in [-0.4, -0.2) is 114 Å². The maximum atomic E-state index is 14.8. The van der Waals surface area contributed by atoms with Gasteiger partial charge < -0.3 is 29.5 Å². The number of nitrogens with one attached hydrogen (secondary N) is 2. The van der Waals surface area contributed by atoms with E-state index in [1.807, 2.05) is 24.3 Å². The van der Waals surface area contributed by atoms with Crippen LogP contribution in [0.15, 0.2) is 47.3 Å². The molecule has 3 unspecified atom stereocenters. The Morgan fingerprint density at radius 3 is 2.45 bits per heavy atom. The van der Waals surface area contributed by atoms with Crippen LogP contribution in [0.2, 0.25) is 5.02 Å². The highest BCUT2D eigenvalue weighted by Gasteiger charge is 2.59. The minimum atomic E-state index is -4.61. The second-order valence-corrected chi connectivity index (χ2v) is 17.0. The molecule has 4 fully saturated rings. The number of benzene rings is 2. The third-order valence-corrected chi connectivity index (χ3v) is 13.8. The molecule has 314 valence electrons. The highest BCUT2D eigenvalue weighted by atomic mass is 35.5. The number of alkyl halides is 3. The van der Waals surface area contributed by atoms with Gasteiger partial charge in [0.25, 0.3) is 11.5 Å². The Kier molecular flexibility index (Phi) is 9.25. The van der Waals surface area contributed by atoms with E-state index in [-0.39, 0.29) is 57.9 Å². The van der Waals surface area contributed by atoms with Gasteiger partial charge >= 0.3 is 6.18 Å². The first-order chi connectivity index (χ1) is 28.8. The molecular formula is C41H42ClF3N10O5. The molecule has 3 N–H and O–H groups in total. The van der Waals surface area contributed by atoms with E-state index in [2.05, 4.69) is 25.3 Å². The molecule has 1 saturated carbocycles. The number of hydrogen-bond acceptors (Lipinski definition) is 10. The van der Waals surface area contributed by atoms with Gasteiger partial charge in [-0.25, -0.2) is 0 Å². The summed E-state index contributed by atoms with van der Waals surface area (Å²) in [4.78, 5) is 53.8. The summed E-state index contributed by atoms with van der Waals surface area (Å²) in [6, 6.07) is 10.9. The van der Waals surface area contributed by atoms with Gasteiger partial charge in [-0.15, -0.1) is 5.10 Å². The molecule has 3 saturated heterocycles. The molecule has 3 aliphatic heterocycles. The van der Waals surface area contributed by atoms with Crippen LogP contribution in [0.1, 0.15) is 58.7 Å². The van der Waals surface area contributed by atoms with Crippen LogP contribution >= 0.6 is 11.6 Å². The molecule has 0 bridgehead atoms. The van der Waals surface area contributed by atoms with E-state index in [0.29, 0.717) is 60.2 Å². The molecule has 2 aliphatic carbocycles. The number of aromatic hydroxyl groups is 1. The molecular weight excluding hydrogens is 805 g/mol. The summed E-state index contributed by atoms with van der Waals surface area (Å²) in [5, 5.41) is 24.3. The van der Waals surface area contributed by atoms with Gasteiger partial charge in [0, 0.05) is 66.7 Å². The van der Waals surface area contributed by atoms with Gasteiger partial charge in [-0.05, 0) is 87.4 Å². The molecule has 1 spiro atoms. The largest absolute Gasteiger partial charge is 0.504 e. The van der Waals surface area contributed by atoms with Crippen LogP contribution in [0.4, 0.5) is 24.5 Å². The number of amides is 2. The number of halogens is 4. The summed E-state index contributed by atoms with van der Waals surface area (Å²) in [5.41, 5.74) is 1.38. The van der Waals surface area contributed by atoms with Gasteiger partial charge in [-0.2, -0.15) is 27.8 Å². The minimum Gasteiger partial charge on any atom is -0.504 e. The first-order valence-corrected chi connectivity index (χ1v) is 20.6. The van der Waals surface area contributed by atoms with Crippen LogP contribution in [-0.2, 0) is 34.1 Å². The number of ether oxygens (including phenoxy) is 1. The molecule has 2 amide bonds. The fourth-order valence-electron chi connectivity index (χ4n) is 10.1. The Balaban J connectivity index is 0.991. The summed E-state index contributed by atoms with van der Waals surface area (Å²) >= 11 is 6.22. The fourth-order valence-corrected chi connectivity index (χ4v) is 10.3. The molecule has 19 heteroatoms.